The summed E-state index contributed by atoms with van der Waals surface area (Å²) in [6.45, 7) is 6.72. The van der Waals surface area contributed by atoms with E-state index in [0.717, 1.165) is 0 Å². The molecule has 0 spiro atoms. The molecule has 0 aromatic carbocycles. The number of hydrogen-bond donors (Lipinski definition) is 0. The van der Waals surface area contributed by atoms with E-state index in [1.165, 1.54) is 0 Å². The predicted octanol–water partition coefficient (Wildman–Crippen LogP) is 1.21. The van der Waals surface area contributed by atoms with Gasteiger partial charge >= 0.3 is 0 Å². The second-order valence-corrected chi connectivity index (χ2v) is 0.471. The normalized spacial score (nSPS) is 6.00. The molecule has 0 aromatic heterocycles. The van der Waals surface area contributed by atoms with Crippen LogP contribution in [0.15, 0.2) is 12.2 Å². The minimum Gasteiger partial charge on any atom is -0.382 e. The van der Waals surface area contributed by atoms with Crippen LogP contribution in [-0.4, -0.2) is 0 Å². The van der Waals surface area contributed by atoms with Crippen LogP contribution in [0.1, 0.15) is 0 Å². The maximum Gasteiger partial charge on any atom is 0 e. The Balaban J connectivity index is -0.0000000450. The summed E-state index contributed by atoms with van der Waals surface area (Å²) in [5.41, 5.74) is 0. The van der Waals surface area contributed by atoms with E-state index in [1.807, 2.05) is 0 Å². The van der Waals surface area contributed by atoms with Crippen LogP contribution >= 0.6 is 0 Å². The topological polar surface area (TPSA) is 0 Å². The van der Waals surface area contributed by atoms with Crippen LogP contribution in [0, 0.1) is 13.8 Å². The van der Waals surface area contributed by atoms with E-state index in [4.69, 9.17) is 0 Å². The van der Waals surface area contributed by atoms with E-state index in [0.29, 0.717) is 0 Å². The maximum atomic E-state index is 3.36. The first-order valence-corrected chi connectivity index (χ1v) is 1.15. The molecule has 0 aliphatic rings. The average molecular weight is 237 g/mol. The van der Waals surface area contributed by atoms with Crippen LogP contribution in [0.5, 0.6) is 0 Å². The van der Waals surface area contributed by atoms with Crippen LogP contribution in [-0.2, 0) is 52.4 Å². The van der Waals surface area contributed by atoms with Crippen molar-refractivity contribution < 1.29 is 52.4 Å². The Kier molecular flexibility index (Phi) is 42.6. The van der Waals surface area contributed by atoms with Gasteiger partial charge in [-0.3, -0.25) is 0 Å². The number of rotatable bonds is 0. The molecule has 0 aliphatic carbocycles. The van der Waals surface area contributed by atoms with Gasteiger partial charge in [-0.15, -0.1) is 0 Å². The molecule has 0 fully saturated rings. The van der Waals surface area contributed by atoms with Crippen molar-refractivity contribution in [2.75, 3.05) is 0 Å². The van der Waals surface area contributed by atoms with Crippen molar-refractivity contribution in [3.05, 3.63) is 26.0 Å². The Bertz CT molecular complexity index is 20.7. The van der Waals surface area contributed by atoms with Crippen LogP contribution < -0.4 is 0 Å². The molecular formula is C4H6Zr2-2. The summed E-state index contributed by atoms with van der Waals surface area (Å²) in [7, 11) is 0. The van der Waals surface area contributed by atoms with Gasteiger partial charge in [0.05, 0.1) is 0 Å². The van der Waals surface area contributed by atoms with E-state index in [-0.39, 0.29) is 52.4 Å². The molecule has 0 saturated carbocycles. The second kappa shape index (κ2) is 16.3. The van der Waals surface area contributed by atoms with E-state index in [9.17, 15) is 0 Å². The third-order valence-corrected chi connectivity index (χ3v) is 0.167. The molecule has 0 aliphatic heterocycles. The van der Waals surface area contributed by atoms with E-state index in [1.54, 1.807) is 12.2 Å². The SMILES string of the molecule is [CH2-]/C=C/[CH2-].[Zr].[Zr]. The zero-order valence-electron chi connectivity index (χ0n) is 3.57. The number of allylic oxidation sites excluding steroid dienone is 2. The summed E-state index contributed by atoms with van der Waals surface area (Å²) in [5, 5.41) is 0. The summed E-state index contributed by atoms with van der Waals surface area (Å²) >= 11 is 0. The van der Waals surface area contributed by atoms with Crippen LogP contribution in [0.4, 0.5) is 0 Å². The molecule has 0 rings (SSSR count). The third kappa shape index (κ3) is 18.7. The van der Waals surface area contributed by atoms with Gasteiger partial charge in [0.15, 0.2) is 0 Å². The molecule has 32 valence electrons. The first-order chi connectivity index (χ1) is 1.91. The fourth-order valence-electron chi connectivity index (χ4n) is 0. The fraction of sp³-hybridized carbons (Fsp3) is 0. The number of hydrogen-bond acceptors (Lipinski definition) is 0. The Hall–Kier alpha value is 1.25. The van der Waals surface area contributed by atoms with Gasteiger partial charge in [-0.25, -0.2) is 0 Å². The molecule has 0 bridgehead atoms. The molecule has 0 radical (unpaired) electrons. The van der Waals surface area contributed by atoms with Gasteiger partial charge in [-0.2, -0.15) is 0 Å². The molecule has 2 heteroatoms. The monoisotopic (exact) mass is 234 g/mol. The fourth-order valence-corrected chi connectivity index (χ4v) is 0. The third-order valence-electron chi connectivity index (χ3n) is 0.167. The van der Waals surface area contributed by atoms with Gasteiger partial charge in [0.1, 0.15) is 0 Å². The predicted molar refractivity (Wildman–Crippen MR) is 19.9 cm³/mol. The van der Waals surface area contributed by atoms with Gasteiger partial charge in [-0.05, 0) is 0 Å². The Labute approximate surface area is 77.6 Å². The molecule has 6 heavy (non-hydrogen) atoms. The quantitative estimate of drug-likeness (QED) is 0.555. The van der Waals surface area contributed by atoms with E-state index >= 15 is 0 Å². The minimum absolute atomic E-state index is 0. The zero-order valence-corrected chi connectivity index (χ0v) is 8.48. The van der Waals surface area contributed by atoms with Crippen molar-refractivity contribution >= 4 is 0 Å². The van der Waals surface area contributed by atoms with Crippen molar-refractivity contribution in [3.63, 3.8) is 0 Å². The largest absolute Gasteiger partial charge is 0.382 e. The zero-order chi connectivity index (χ0) is 3.41. The van der Waals surface area contributed by atoms with Gasteiger partial charge in [-0.1, -0.05) is 0 Å². The second-order valence-electron chi connectivity index (χ2n) is 0.471. The molecule has 0 aromatic rings. The summed E-state index contributed by atoms with van der Waals surface area (Å²) in [5.74, 6) is 0. The molecular weight excluding hydrogens is 230 g/mol. The summed E-state index contributed by atoms with van der Waals surface area (Å²) in [6, 6.07) is 0. The van der Waals surface area contributed by atoms with Crippen molar-refractivity contribution in [3.8, 4) is 0 Å². The summed E-state index contributed by atoms with van der Waals surface area (Å²) in [6.07, 6.45) is 3.28. The Morgan fingerprint density at radius 2 is 1.00 bits per heavy atom. The van der Waals surface area contributed by atoms with Gasteiger partial charge in [0.2, 0.25) is 0 Å². The van der Waals surface area contributed by atoms with E-state index in [2.05, 4.69) is 13.8 Å². The standard InChI is InChI=1S/C4H6.2Zr/c1-3-4-2;;/h3-4H,1-2H2;;/q-2;;/b4-3+;;. The molecule has 0 unspecified atom stereocenters. The molecule has 0 saturated heterocycles. The first-order valence-electron chi connectivity index (χ1n) is 1.15. The average Bonchev–Trinajstić information content (AvgIpc) is 1.37. The van der Waals surface area contributed by atoms with Crippen LogP contribution in [0.3, 0.4) is 0 Å². The summed E-state index contributed by atoms with van der Waals surface area (Å²) in [4.78, 5) is 0. The maximum absolute atomic E-state index is 3.36. The Morgan fingerprint density at radius 3 is 1.00 bits per heavy atom. The smallest absolute Gasteiger partial charge is 0 e. The first kappa shape index (κ1) is 15.7. The van der Waals surface area contributed by atoms with Crippen molar-refractivity contribution in [2.24, 2.45) is 0 Å². The van der Waals surface area contributed by atoms with Crippen molar-refractivity contribution in [1.82, 2.24) is 0 Å². The van der Waals surface area contributed by atoms with Crippen LogP contribution in [0.2, 0.25) is 0 Å². The van der Waals surface area contributed by atoms with Crippen molar-refractivity contribution in [1.29, 1.82) is 0 Å². The minimum atomic E-state index is 0. The van der Waals surface area contributed by atoms with Gasteiger partial charge in [0.25, 0.3) is 0 Å². The summed E-state index contributed by atoms with van der Waals surface area (Å²) < 4.78 is 0. The Morgan fingerprint density at radius 1 is 0.833 bits per heavy atom. The molecule has 0 atom stereocenters. The van der Waals surface area contributed by atoms with Gasteiger partial charge in [0, 0.05) is 52.4 Å². The van der Waals surface area contributed by atoms with E-state index < -0.39 is 0 Å². The molecule has 0 amide bonds. The molecule has 0 nitrogen and oxygen atoms in total. The van der Waals surface area contributed by atoms with Crippen LogP contribution in [0.25, 0.3) is 0 Å². The molecule has 0 heterocycles. The van der Waals surface area contributed by atoms with Gasteiger partial charge < -0.3 is 26.0 Å². The molecule has 0 N–H and O–H groups in total. The van der Waals surface area contributed by atoms with Crippen molar-refractivity contribution in [2.45, 2.75) is 0 Å².